The van der Waals surface area contributed by atoms with Crippen LogP contribution in [0.4, 0.5) is 5.69 Å². The second kappa shape index (κ2) is 10.4. The Labute approximate surface area is 187 Å². The van der Waals surface area contributed by atoms with E-state index in [0.717, 1.165) is 4.47 Å². The highest BCUT2D eigenvalue weighted by Crippen LogP contribution is 2.15. The van der Waals surface area contributed by atoms with Gasteiger partial charge in [0.05, 0.1) is 18.4 Å². The van der Waals surface area contributed by atoms with Gasteiger partial charge in [0.2, 0.25) is 0 Å². The summed E-state index contributed by atoms with van der Waals surface area (Å²) in [7, 11) is 0. The maximum atomic E-state index is 12.9. The number of amides is 2. The molecule has 2 amide bonds. The van der Waals surface area contributed by atoms with Crippen LogP contribution in [0.5, 0.6) is 0 Å². The van der Waals surface area contributed by atoms with E-state index in [9.17, 15) is 14.4 Å². The van der Waals surface area contributed by atoms with Crippen molar-refractivity contribution in [2.75, 3.05) is 11.9 Å². The molecule has 0 aliphatic rings. The van der Waals surface area contributed by atoms with Crippen molar-refractivity contribution in [3.05, 3.63) is 94.0 Å². The average molecular weight is 483 g/mol. The molecule has 0 unspecified atom stereocenters. The van der Waals surface area contributed by atoms with Gasteiger partial charge in [-0.15, -0.1) is 0 Å². The number of carbonyl (C=O) groups is 3. The topological polar surface area (TPSA) is 97.6 Å². The Kier molecular flexibility index (Phi) is 7.40. The zero-order valence-electron chi connectivity index (χ0n) is 16.6. The number of anilines is 1. The van der Waals surface area contributed by atoms with Crippen LogP contribution in [-0.2, 0) is 9.53 Å². The number of furan rings is 1. The first kappa shape index (κ1) is 22.0. The third-order valence-corrected chi connectivity index (χ3v) is 4.56. The Morgan fingerprint density at radius 1 is 1.03 bits per heavy atom. The Morgan fingerprint density at radius 2 is 1.81 bits per heavy atom. The minimum atomic E-state index is -0.552. The number of esters is 1. The molecule has 8 heteroatoms. The van der Waals surface area contributed by atoms with E-state index in [1.807, 2.05) is 0 Å². The minimum Gasteiger partial charge on any atom is -0.465 e. The van der Waals surface area contributed by atoms with Crippen molar-refractivity contribution >= 4 is 45.5 Å². The Balaban J connectivity index is 1.78. The van der Waals surface area contributed by atoms with Crippen molar-refractivity contribution in [3.8, 4) is 0 Å². The predicted molar refractivity (Wildman–Crippen MR) is 119 cm³/mol. The summed E-state index contributed by atoms with van der Waals surface area (Å²) in [6.07, 6.45) is 2.89. The summed E-state index contributed by atoms with van der Waals surface area (Å²) < 4.78 is 11.0. The van der Waals surface area contributed by atoms with Gasteiger partial charge in [-0.1, -0.05) is 22.0 Å². The molecule has 0 aliphatic heterocycles. The lowest BCUT2D eigenvalue weighted by Crippen LogP contribution is -2.30. The zero-order valence-corrected chi connectivity index (χ0v) is 18.1. The van der Waals surface area contributed by atoms with Gasteiger partial charge in [0.1, 0.15) is 11.5 Å². The summed E-state index contributed by atoms with van der Waals surface area (Å²) in [5.74, 6) is -1.05. The third-order valence-electron chi connectivity index (χ3n) is 4.06. The molecular formula is C23H19BrN2O5. The molecule has 2 aromatic carbocycles. The molecule has 0 fully saturated rings. The summed E-state index contributed by atoms with van der Waals surface area (Å²) in [6, 6.07) is 16.4. The lowest BCUT2D eigenvalue weighted by Gasteiger charge is -2.11. The molecule has 158 valence electrons. The summed E-state index contributed by atoms with van der Waals surface area (Å²) in [6.45, 7) is 2.00. The van der Waals surface area contributed by atoms with Gasteiger partial charge in [0.15, 0.2) is 0 Å². The van der Waals surface area contributed by atoms with E-state index in [0.29, 0.717) is 22.6 Å². The second-order valence-electron chi connectivity index (χ2n) is 6.29. The van der Waals surface area contributed by atoms with Gasteiger partial charge in [-0.3, -0.25) is 9.59 Å². The number of benzene rings is 2. The summed E-state index contributed by atoms with van der Waals surface area (Å²) in [4.78, 5) is 37.3. The summed E-state index contributed by atoms with van der Waals surface area (Å²) in [5.41, 5.74) is 1.19. The maximum absolute atomic E-state index is 12.9. The summed E-state index contributed by atoms with van der Waals surface area (Å²) in [5, 5.41) is 5.32. The van der Waals surface area contributed by atoms with Crippen molar-refractivity contribution in [2.24, 2.45) is 0 Å². The normalized spacial score (nSPS) is 11.0. The van der Waals surface area contributed by atoms with E-state index in [-0.39, 0.29) is 12.3 Å². The molecule has 0 spiro atoms. The van der Waals surface area contributed by atoms with Crippen molar-refractivity contribution in [1.82, 2.24) is 5.32 Å². The highest BCUT2D eigenvalue weighted by molar-refractivity contribution is 9.10. The smallest absolute Gasteiger partial charge is 0.338 e. The van der Waals surface area contributed by atoms with Gasteiger partial charge in [-0.05, 0) is 61.5 Å². The van der Waals surface area contributed by atoms with Crippen LogP contribution < -0.4 is 10.6 Å². The predicted octanol–water partition coefficient (Wildman–Crippen LogP) is 4.63. The van der Waals surface area contributed by atoms with Crippen molar-refractivity contribution < 1.29 is 23.5 Å². The van der Waals surface area contributed by atoms with E-state index in [1.54, 1.807) is 67.6 Å². The number of hydrogen-bond donors (Lipinski definition) is 2. The molecule has 0 atom stereocenters. The number of nitrogens with one attached hydrogen (secondary N) is 2. The first-order valence-electron chi connectivity index (χ1n) is 9.37. The fraction of sp³-hybridized carbons (Fsp3) is 0.0870. The van der Waals surface area contributed by atoms with Gasteiger partial charge in [0, 0.05) is 21.8 Å². The second-order valence-corrected chi connectivity index (χ2v) is 7.21. The highest BCUT2D eigenvalue weighted by atomic mass is 79.9. The van der Waals surface area contributed by atoms with Gasteiger partial charge >= 0.3 is 5.97 Å². The van der Waals surface area contributed by atoms with Crippen LogP contribution in [-0.4, -0.2) is 24.4 Å². The molecule has 7 nitrogen and oxygen atoms in total. The Hall–Kier alpha value is -3.65. The molecule has 0 bridgehead atoms. The van der Waals surface area contributed by atoms with E-state index >= 15 is 0 Å². The molecule has 31 heavy (non-hydrogen) atoms. The van der Waals surface area contributed by atoms with Crippen LogP contribution in [0.3, 0.4) is 0 Å². The fourth-order valence-corrected chi connectivity index (χ4v) is 3.00. The molecule has 1 heterocycles. The van der Waals surface area contributed by atoms with Crippen LogP contribution in [0.25, 0.3) is 6.08 Å². The Morgan fingerprint density at radius 3 is 2.45 bits per heavy atom. The molecule has 1 aromatic heterocycles. The van der Waals surface area contributed by atoms with E-state index in [2.05, 4.69) is 26.6 Å². The first-order chi connectivity index (χ1) is 15.0. The standard InChI is InChI=1S/C23H19BrN2O5/c1-2-30-23(29)15-8-10-18(11-9-15)25-22(28)20(14-19-7-4-12-31-19)26-21(27)16-5-3-6-17(24)13-16/h3-14H,2H2,1H3,(H,25,28)(H,26,27)/b20-14+. The van der Waals surface area contributed by atoms with Crippen molar-refractivity contribution in [1.29, 1.82) is 0 Å². The molecule has 0 saturated heterocycles. The Bertz CT molecular complexity index is 1110. The monoisotopic (exact) mass is 482 g/mol. The molecule has 0 radical (unpaired) electrons. The number of rotatable bonds is 7. The third kappa shape index (κ3) is 6.16. The number of halogens is 1. The van der Waals surface area contributed by atoms with E-state index < -0.39 is 17.8 Å². The SMILES string of the molecule is CCOC(=O)c1ccc(NC(=O)/C(=C\c2ccco2)NC(=O)c2cccc(Br)c2)cc1. The largest absolute Gasteiger partial charge is 0.465 e. The fourth-order valence-electron chi connectivity index (χ4n) is 2.60. The van der Waals surface area contributed by atoms with Crippen LogP contribution in [0, 0.1) is 0 Å². The zero-order chi connectivity index (χ0) is 22.2. The van der Waals surface area contributed by atoms with Gasteiger partial charge in [-0.2, -0.15) is 0 Å². The lowest BCUT2D eigenvalue weighted by atomic mass is 10.2. The molecule has 2 N–H and O–H groups in total. The van der Waals surface area contributed by atoms with E-state index in [1.165, 1.54) is 12.3 Å². The minimum absolute atomic E-state index is 0.00519. The molecular weight excluding hydrogens is 464 g/mol. The summed E-state index contributed by atoms with van der Waals surface area (Å²) >= 11 is 3.32. The van der Waals surface area contributed by atoms with Crippen LogP contribution in [0.1, 0.15) is 33.4 Å². The lowest BCUT2D eigenvalue weighted by molar-refractivity contribution is -0.113. The van der Waals surface area contributed by atoms with Gasteiger partial charge in [-0.25, -0.2) is 4.79 Å². The molecule has 3 rings (SSSR count). The van der Waals surface area contributed by atoms with E-state index in [4.69, 9.17) is 9.15 Å². The molecule has 3 aromatic rings. The number of ether oxygens (including phenoxy) is 1. The number of carbonyl (C=O) groups excluding carboxylic acids is 3. The first-order valence-corrected chi connectivity index (χ1v) is 10.2. The van der Waals surface area contributed by atoms with Crippen LogP contribution >= 0.6 is 15.9 Å². The van der Waals surface area contributed by atoms with Gasteiger partial charge < -0.3 is 19.8 Å². The highest BCUT2D eigenvalue weighted by Gasteiger charge is 2.16. The van der Waals surface area contributed by atoms with Crippen molar-refractivity contribution in [3.63, 3.8) is 0 Å². The average Bonchev–Trinajstić information content (AvgIpc) is 3.27. The van der Waals surface area contributed by atoms with Crippen LogP contribution in [0.15, 0.2) is 81.5 Å². The molecule has 0 aliphatic carbocycles. The molecule has 0 saturated carbocycles. The maximum Gasteiger partial charge on any atom is 0.338 e. The van der Waals surface area contributed by atoms with Gasteiger partial charge in [0.25, 0.3) is 11.8 Å². The quantitative estimate of drug-likeness (QED) is 0.377. The van der Waals surface area contributed by atoms with Crippen molar-refractivity contribution in [2.45, 2.75) is 6.92 Å². The van der Waals surface area contributed by atoms with Crippen LogP contribution in [0.2, 0.25) is 0 Å². The number of hydrogen-bond acceptors (Lipinski definition) is 5.